The van der Waals surface area contributed by atoms with Crippen LogP contribution in [0, 0.1) is 0 Å². The molecule has 0 spiro atoms. The lowest BCUT2D eigenvalue weighted by Crippen LogP contribution is -1.84. The van der Waals surface area contributed by atoms with Crippen LogP contribution in [0.1, 0.15) is 90.4 Å². The predicted octanol–water partition coefficient (Wildman–Crippen LogP) is 5.63. The Hall–Kier alpha value is -0.300. The van der Waals surface area contributed by atoms with E-state index < -0.39 is 0 Å². The van der Waals surface area contributed by atoms with Crippen molar-refractivity contribution in [1.29, 1.82) is 0 Å². The van der Waals surface area contributed by atoms with Crippen molar-refractivity contribution in [3.63, 3.8) is 0 Å². The normalized spacial score (nSPS) is 11.4. The molecule has 0 unspecified atom stereocenters. The molecule has 0 heterocycles. The molecule has 0 bridgehead atoms. The summed E-state index contributed by atoms with van der Waals surface area (Å²) in [5.41, 5.74) is 0. The molecule has 1 heteroatoms. The van der Waals surface area contributed by atoms with E-state index in [0.717, 1.165) is 6.42 Å². The van der Waals surface area contributed by atoms with Crippen molar-refractivity contribution < 1.29 is 5.11 Å². The van der Waals surface area contributed by atoms with Gasteiger partial charge in [0.2, 0.25) is 0 Å². The van der Waals surface area contributed by atoms with E-state index >= 15 is 0 Å². The first-order valence-electron chi connectivity index (χ1n) is 8.17. The summed E-state index contributed by atoms with van der Waals surface area (Å²) in [5, 5.41) is 8.65. The number of allylic oxidation sites excluding steroid dienone is 2. The molecule has 0 radical (unpaired) electrons. The maximum atomic E-state index is 8.65. The molecular weight excluding hydrogens is 220 g/mol. The van der Waals surface area contributed by atoms with Gasteiger partial charge in [-0.2, -0.15) is 0 Å². The first-order valence-corrected chi connectivity index (χ1v) is 8.17. The largest absolute Gasteiger partial charge is 0.396 e. The quantitative estimate of drug-likeness (QED) is 0.315. The van der Waals surface area contributed by atoms with Gasteiger partial charge in [-0.3, -0.25) is 0 Å². The highest BCUT2D eigenvalue weighted by atomic mass is 16.2. The van der Waals surface area contributed by atoms with Gasteiger partial charge in [0.15, 0.2) is 0 Å². The molecule has 0 aromatic rings. The van der Waals surface area contributed by atoms with Crippen molar-refractivity contribution in [3.05, 3.63) is 12.2 Å². The fraction of sp³-hybridized carbons (Fsp3) is 0.882. The number of unbranched alkanes of at least 4 members (excludes halogenated alkanes) is 11. The Morgan fingerprint density at radius 1 is 0.611 bits per heavy atom. The molecule has 0 saturated heterocycles. The number of rotatable bonds is 14. The van der Waals surface area contributed by atoms with E-state index in [-0.39, 0.29) is 0 Å². The van der Waals surface area contributed by atoms with Gasteiger partial charge in [0.1, 0.15) is 0 Å². The molecule has 0 rings (SSSR count). The molecule has 0 amide bonds. The minimum atomic E-state index is 0.368. The van der Waals surface area contributed by atoms with Crippen molar-refractivity contribution in [2.45, 2.75) is 90.4 Å². The van der Waals surface area contributed by atoms with Crippen LogP contribution in [0.5, 0.6) is 0 Å². The van der Waals surface area contributed by atoms with Crippen molar-refractivity contribution >= 4 is 0 Å². The van der Waals surface area contributed by atoms with Crippen LogP contribution < -0.4 is 0 Å². The summed E-state index contributed by atoms with van der Waals surface area (Å²) in [5.74, 6) is 0. The van der Waals surface area contributed by atoms with Crippen LogP contribution in [0.4, 0.5) is 0 Å². The van der Waals surface area contributed by atoms with Crippen LogP contribution in [0.15, 0.2) is 12.2 Å². The van der Waals surface area contributed by atoms with E-state index in [4.69, 9.17) is 5.11 Å². The van der Waals surface area contributed by atoms with E-state index in [1.807, 2.05) is 0 Å². The highest BCUT2D eigenvalue weighted by molar-refractivity contribution is 4.79. The second kappa shape index (κ2) is 16.7. The lowest BCUT2D eigenvalue weighted by Gasteiger charge is -2.02. The molecule has 1 N–H and O–H groups in total. The van der Waals surface area contributed by atoms with Gasteiger partial charge in [-0.1, -0.05) is 76.9 Å². The van der Waals surface area contributed by atoms with E-state index in [2.05, 4.69) is 19.1 Å². The number of aliphatic hydroxyl groups excluding tert-OH is 1. The summed E-state index contributed by atoms with van der Waals surface area (Å²) in [6.07, 6.45) is 21.8. The maximum absolute atomic E-state index is 8.65. The average Bonchev–Trinajstić information content (AvgIpc) is 2.39. The Labute approximate surface area is 115 Å². The molecule has 0 aromatic heterocycles. The van der Waals surface area contributed by atoms with Crippen LogP contribution >= 0.6 is 0 Å². The second-order valence-electron chi connectivity index (χ2n) is 5.28. The summed E-state index contributed by atoms with van der Waals surface area (Å²) in [6, 6.07) is 0. The maximum Gasteiger partial charge on any atom is 0.0431 e. The van der Waals surface area contributed by atoms with Gasteiger partial charge in [0, 0.05) is 6.61 Å². The van der Waals surface area contributed by atoms with Crippen molar-refractivity contribution in [1.82, 2.24) is 0 Å². The number of aliphatic hydroxyl groups is 1. The summed E-state index contributed by atoms with van der Waals surface area (Å²) < 4.78 is 0. The van der Waals surface area contributed by atoms with Crippen LogP contribution in [0.3, 0.4) is 0 Å². The zero-order chi connectivity index (χ0) is 13.3. The summed E-state index contributed by atoms with van der Waals surface area (Å²) in [6.45, 7) is 2.56. The molecule has 108 valence electrons. The van der Waals surface area contributed by atoms with Gasteiger partial charge in [-0.15, -0.1) is 0 Å². The molecule has 1 nitrogen and oxygen atoms in total. The van der Waals surface area contributed by atoms with E-state index in [0.29, 0.717) is 6.61 Å². The Balaban J connectivity index is 2.92. The third kappa shape index (κ3) is 15.7. The standard InChI is InChI=1S/C17H34O/c1-2-3-4-5-6-7-8-9-10-11-12-13-14-15-16-17-18/h3-4,18H,2,5-17H2,1H3. The Morgan fingerprint density at radius 2 is 1.06 bits per heavy atom. The lowest BCUT2D eigenvalue weighted by molar-refractivity contribution is 0.282. The first-order chi connectivity index (χ1) is 8.91. The predicted molar refractivity (Wildman–Crippen MR) is 81.9 cm³/mol. The number of hydrogen-bond donors (Lipinski definition) is 1. The van der Waals surface area contributed by atoms with E-state index in [9.17, 15) is 0 Å². The van der Waals surface area contributed by atoms with Crippen LogP contribution in [-0.2, 0) is 0 Å². The first kappa shape index (κ1) is 17.7. The summed E-state index contributed by atoms with van der Waals surface area (Å²) >= 11 is 0. The fourth-order valence-electron chi connectivity index (χ4n) is 2.25. The van der Waals surface area contributed by atoms with Crippen LogP contribution in [-0.4, -0.2) is 11.7 Å². The van der Waals surface area contributed by atoms with Gasteiger partial charge in [-0.05, 0) is 25.7 Å². The summed E-state index contributed by atoms with van der Waals surface area (Å²) in [7, 11) is 0. The molecule has 18 heavy (non-hydrogen) atoms. The number of hydrogen-bond acceptors (Lipinski definition) is 1. The lowest BCUT2D eigenvalue weighted by atomic mass is 10.1. The van der Waals surface area contributed by atoms with Gasteiger partial charge < -0.3 is 5.11 Å². The highest BCUT2D eigenvalue weighted by Crippen LogP contribution is 2.12. The zero-order valence-electron chi connectivity index (χ0n) is 12.5. The Kier molecular flexibility index (Phi) is 16.4. The van der Waals surface area contributed by atoms with E-state index in [1.165, 1.54) is 77.0 Å². The summed E-state index contributed by atoms with van der Waals surface area (Å²) in [4.78, 5) is 0. The van der Waals surface area contributed by atoms with Crippen molar-refractivity contribution in [2.24, 2.45) is 0 Å². The van der Waals surface area contributed by atoms with Crippen LogP contribution in [0.25, 0.3) is 0 Å². The third-order valence-corrected chi connectivity index (χ3v) is 3.43. The smallest absolute Gasteiger partial charge is 0.0431 e. The Bertz CT molecular complexity index is 163. The van der Waals surface area contributed by atoms with Crippen LogP contribution in [0.2, 0.25) is 0 Å². The van der Waals surface area contributed by atoms with Gasteiger partial charge in [0.25, 0.3) is 0 Å². The average molecular weight is 254 g/mol. The minimum Gasteiger partial charge on any atom is -0.396 e. The molecule has 0 aliphatic heterocycles. The van der Waals surface area contributed by atoms with Crippen molar-refractivity contribution in [2.75, 3.05) is 6.61 Å². The van der Waals surface area contributed by atoms with Crippen molar-refractivity contribution in [3.8, 4) is 0 Å². The zero-order valence-corrected chi connectivity index (χ0v) is 12.5. The van der Waals surface area contributed by atoms with E-state index in [1.54, 1.807) is 0 Å². The SMILES string of the molecule is CCC=CCCCCCCCCCCCCCO. The molecule has 0 fully saturated rings. The second-order valence-corrected chi connectivity index (χ2v) is 5.28. The fourth-order valence-corrected chi connectivity index (χ4v) is 2.25. The highest BCUT2D eigenvalue weighted by Gasteiger charge is 1.92. The molecule has 0 atom stereocenters. The Morgan fingerprint density at radius 3 is 1.50 bits per heavy atom. The van der Waals surface area contributed by atoms with Gasteiger partial charge >= 0.3 is 0 Å². The minimum absolute atomic E-state index is 0.368. The topological polar surface area (TPSA) is 20.2 Å². The molecule has 0 aliphatic rings. The monoisotopic (exact) mass is 254 g/mol. The third-order valence-electron chi connectivity index (χ3n) is 3.43. The molecule has 0 aliphatic carbocycles. The molecule has 0 aromatic carbocycles. The molecular formula is C17H34O. The van der Waals surface area contributed by atoms with Gasteiger partial charge in [-0.25, -0.2) is 0 Å². The van der Waals surface area contributed by atoms with Gasteiger partial charge in [0.05, 0.1) is 0 Å². The molecule has 0 saturated carbocycles.